The Morgan fingerprint density at radius 3 is 2.52 bits per heavy atom. The highest BCUT2D eigenvalue weighted by molar-refractivity contribution is 6.46. The Kier molecular flexibility index (Phi) is 7.76. The topological polar surface area (TPSA) is 85.3 Å². The molecule has 176 valence electrons. The first-order valence-electron chi connectivity index (χ1n) is 11.0. The number of likely N-dealkylation sites (tertiary alicyclic amines) is 1. The third kappa shape index (κ3) is 4.88. The lowest BCUT2D eigenvalue weighted by Gasteiger charge is -2.25. The van der Waals surface area contributed by atoms with E-state index in [9.17, 15) is 14.7 Å². The molecule has 0 spiro atoms. The fourth-order valence-electron chi connectivity index (χ4n) is 4.08. The number of benzene rings is 2. The number of methoxy groups -OCH3 is 2. The van der Waals surface area contributed by atoms with E-state index < -0.39 is 17.7 Å². The second-order valence-electron chi connectivity index (χ2n) is 8.10. The lowest BCUT2D eigenvalue weighted by Crippen LogP contribution is -2.32. The molecule has 1 N–H and O–H groups in total. The van der Waals surface area contributed by atoms with Crippen molar-refractivity contribution in [1.82, 2.24) is 4.90 Å². The predicted octanol–water partition coefficient (Wildman–Crippen LogP) is 4.29. The number of aliphatic hydroxyl groups is 1. The van der Waals surface area contributed by atoms with Crippen molar-refractivity contribution < 1.29 is 28.9 Å². The fraction of sp³-hybridized carbons (Fsp3) is 0.385. The molecule has 1 saturated heterocycles. The highest BCUT2D eigenvalue weighted by Crippen LogP contribution is 2.41. The van der Waals surface area contributed by atoms with Crippen molar-refractivity contribution in [2.75, 3.05) is 34.0 Å². The van der Waals surface area contributed by atoms with Crippen molar-refractivity contribution in [1.29, 1.82) is 0 Å². The van der Waals surface area contributed by atoms with E-state index in [1.54, 1.807) is 37.4 Å². The van der Waals surface area contributed by atoms with E-state index in [1.807, 2.05) is 32.9 Å². The number of Topliss-reactive ketones (excluding diaryl/α,β-unsaturated/α-hetero) is 1. The summed E-state index contributed by atoms with van der Waals surface area (Å²) in [6.45, 7) is 6.87. The number of nitrogens with zero attached hydrogens (tertiary/aromatic N) is 1. The number of ketones is 1. The van der Waals surface area contributed by atoms with Gasteiger partial charge in [-0.1, -0.05) is 26.0 Å². The van der Waals surface area contributed by atoms with Crippen molar-refractivity contribution in [2.24, 2.45) is 0 Å². The number of hydrogen-bond donors (Lipinski definition) is 1. The van der Waals surface area contributed by atoms with E-state index >= 15 is 0 Å². The molecule has 2 aromatic carbocycles. The monoisotopic (exact) mass is 453 g/mol. The second kappa shape index (κ2) is 10.5. The molecule has 1 heterocycles. The summed E-state index contributed by atoms with van der Waals surface area (Å²) < 4.78 is 16.2. The van der Waals surface area contributed by atoms with Gasteiger partial charge in [0.05, 0.1) is 31.9 Å². The molecular weight excluding hydrogens is 422 g/mol. The number of rotatable bonds is 9. The highest BCUT2D eigenvalue weighted by Gasteiger charge is 2.46. The van der Waals surface area contributed by atoms with Crippen LogP contribution in [0.4, 0.5) is 0 Å². The van der Waals surface area contributed by atoms with Gasteiger partial charge in [-0.3, -0.25) is 9.59 Å². The van der Waals surface area contributed by atoms with E-state index in [1.165, 1.54) is 12.0 Å². The summed E-state index contributed by atoms with van der Waals surface area (Å²) in [5.41, 5.74) is 2.07. The van der Waals surface area contributed by atoms with Crippen LogP contribution in [0.15, 0.2) is 48.0 Å². The molecule has 7 heteroatoms. The molecule has 33 heavy (non-hydrogen) atoms. The zero-order chi connectivity index (χ0) is 24.1. The SMILES string of the molecule is CCOc1cccc(C2/C(=C(\O)c3ccc(OC)c(C(C)C)c3)C(=O)C(=O)N2CCOC)c1. The summed E-state index contributed by atoms with van der Waals surface area (Å²) in [5.74, 6) is -0.155. The van der Waals surface area contributed by atoms with Crippen LogP contribution in [0, 0.1) is 0 Å². The molecule has 1 aliphatic rings. The number of aliphatic hydroxyl groups excluding tert-OH is 1. The summed E-state index contributed by atoms with van der Waals surface area (Å²) in [7, 11) is 3.12. The summed E-state index contributed by atoms with van der Waals surface area (Å²) in [5, 5.41) is 11.3. The average molecular weight is 454 g/mol. The Hall–Kier alpha value is -3.32. The molecule has 3 rings (SSSR count). The zero-order valence-corrected chi connectivity index (χ0v) is 19.8. The fourth-order valence-corrected chi connectivity index (χ4v) is 4.08. The Balaban J connectivity index is 2.19. The number of ether oxygens (including phenoxy) is 3. The van der Waals surface area contributed by atoms with Gasteiger partial charge >= 0.3 is 0 Å². The maximum absolute atomic E-state index is 13.1. The van der Waals surface area contributed by atoms with E-state index in [0.717, 1.165) is 5.56 Å². The van der Waals surface area contributed by atoms with Crippen LogP contribution < -0.4 is 9.47 Å². The van der Waals surface area contributed by atoms with Gasteiger partial charge < -0.3 is 24.2 Å². The minimum Gasteiger partial charge on any atom is -0.507 e. The Morgan fingerprint density at radius 2 is 1.88 bits per heavy atom. The zero-order valence-electron chi connectivity index (χ0n) is 19.8. The third-order valence-corrected chi connectivity index (χ3v) is 5.69. The van der Waals surface area contributed by atoms with Crippen LogP contribution in [0.1, 0.15) is 49.4 Å². The number of carbonyl (C=O) groups is 2. The van der Waals surface area contributed by atoms with Crippen LogP contribution in [0.3, 0.4) is 0 Å². The van der Waals surface area contributed by atoms with Gasteiger partial charge in [0.25, 0.3) is 11.7 Å². The largest absolute Gasteiger partial charge is 0.507 e. The van der Waals surface area contributed by atoms with Crippen LogP contribution in [-0.2, 0) is 14.3 Å². The first kappa shape index (κ1) is 24.3. The van der Waals surface area contributed by atoms with Crippen molar-refractivity contribution in [2.45, 2.75) is 32.7 Å². The van der Waals surface area contributed by atoms with Gasteiger partial charge in [-0.25, -0.2) is 0 Å². The minimum absolute atomic E-state index is 0.0459. The van der Waals surface area contributed by atoms with Crippen LogP contribution in [0.5, 0.6) is 11.5 Å². The molecule has 0 bridgehead atoms. The molecule has 0 aromatic heterocycles. The first-order valence-corrected chi connectivity index (χ1v) is 11.0. The quantitative estimate of drug-likeness (QED) is 0.346. The summed E-state index contributed by atoms with van der Waals surface area (Å²) >= 11 is 0. The molecule has 1 amide bonds. The highest BCUT2D eigenvalue weighted by atomic mass is 16.5. The molecule has 0 radical (unpaired) electrons. The van der Waals surface area contributed by atoms with Crippen molar-refractivity contribution in [3.05, 3.63) is 64.7 Å². The van der Waals surface area contributed by atoms with Gasteiger partial charge in [0, 0.05) is 19.2 Å². The van der Waals surface area contributed by atoms with E-state index in [4.69, 9.17) is 14.2 Å². The average Bonchev–Trinajstić information content (AvgIpc) is 3.07. The number of hydrogen-bond acceptors (Lipinski definition) is 6. The van der Waals surface area contributed by atoms with Gasteiger partial charge in [0.15, 0.2) is 0 Å². The summed E-state index contributed by atoms with van der Waals surface area (Å²) in [4.78, 5) is 27.5. The molecule has 1 fully saturated rings. The molecule has 1 atom stereocenters. The smallest absolute Gasteiger partial charge is 0.295 e. The molecule has 0 aliphatic carbocycles. The molecule has 1 unspecified atom stereocenters. The maximum Gasteiger partial charge on any atom is 0.295 e. The number of carbonyl (C=O) groups excluding carboxylic acids is 2. The Bertz CT molecular complexity index is 1060. The van der Waals surface area contributed by atoms with Crippen LogP contribution in [0.2, 0.25) is 0 Å². The van der Waals surface area contributed by atoms with Gasteiger partial charge in [-0.2, -0.15) is 0 Å². The first-order chi connectivity index (χ1) is 15.8. The van der Waals surface area contributed by atoms with Crippen LogP contribution >= 0.6 is 0 Å². The normalized spacial score (nSPS) is 17.6. The summed E-state index contributed by atoms with van der Waals surface area (Å²) in [6, 6.07) is 11.7. The summed E-state index contributed by atoms with van der Waals surface area (Å²) in [6.07, 6.45) is 0. The maximum atomic E-state index is 13.1. The van der Waals surface area contributed by atoms with E-state index in [-0.39, 0.29) is 30.4 Å². The lowest BCUT2D eigenvalue weighted by molar-refractivity contribution is -0.140. The minimum atomic E-state index is -0.759. The molecule has 2 aromatic rings. The van der Waals surface area contributed by atoms with Gasteiger partial charge in [-0.05, 0) is 54.3 Å². The standard InChI is InChI=1S/C26H31NO6/c1-6-33-19-9-7-8-17(14-19)23-22(25(29)26(30)27(23)12-13-31-4)24(28)18-10-11-21(32-5)20(15-18)16(2)3/h7-11,14-16,23,28H,6,12-13H2,1-5H3/b24-22+. The van der Waals surface area contributed by atoms with E-state index in [0.29, 0.717) is 29.2 Å². The second-order valence-corrected chi connectivity index (χ2v) is 8.10. The number of amides is 1. The molecular formula is C26H31NO6. The Labute approximate surface area is 194 Å². The van der Waals surface area contributed by atoms with Crippen molar-refractivity contribution in [3.63, 3.8) is 0 Å². The van der Waals surface area contributed by atoms with Crippen LogP contribution in [0.25, 0.3) is 5.76 Å². The van der Waals surface area contributed by atoms with Crippen molar-refractivity contribution in [3.8, 4) is 11.5 Å². The van der Waals surface area contributed by atoms with Gasteiger partial charge in [0.2, 0.25) is 0 Å². The molecule has 0 saturated carbocycles. The molecule has 1 aliphatic heterocycles. The van der Waals surface area contributed by atoms with Crippen molar-refractivity contribution >= 4 is 17.4 Å². The van der Waals surface area contributed by atoms with E-state index in [2.05, 4.69) is 0 Å². The Morgan fingerprint density at radius 1 is 1.12 bits per heavy atom. The third-order valence-electron chi connectivity index (χ3n) is 5.69. The van der Waals surface area contributed by atoms with Gasteiger partial charge in [0.1, 0.15) is 17.3 Å². The van der Waals surface area contributed by atoms with Gasteiger partial charge in [-0.15, -0.1) is 0 Å². The lowest BCUT2D eigenvalue weighted by atomic mass is 9.93. The predicted molar refractivity (Wildman–Crippen MR) is 126 cm³/mol. The molecule has 7 nitrogen and oxygen atoms in total. The van der Waals surface area contributed by atoms with Crippen LogP contribution in [-0.4, -0.2) is 55.7 Å².